The van der Waals surface area contributed by atoms with E-state index in [1.807, 2.05) is 0 Å². The summed E-state index contributed by atoms with van der Waals surface area (Å²) in [6.45, 7) is 8.28. The van der Waals surface area contributed by atoms with Gasteiger partial charge in [-0.3, -0.25) is 4.90 Å². The fraction of sp³-hybridized carbons (Fsp3) is 1.00. The molecule has 1 aliphatic heterocycles. The molecule has 0 bridgehead atoms. The van der Waals surface area contributed by atoms with E-state index < -0.39 is 0 Å². The van der Waals surface area contributed by atoms with Crippen molar-refractivity contribution >= 4 is 0 Å². The van der Waals surface area contributed by atoms with Crippen LogP contribution in [-0.4, -0.2) is 36.6 Å². The van der Waals surface area contributed by atoms with Crippen molar-refractivity contribution in [2.45, 2.75) is 51.6 Å². The van der Waals surface area contributed by atoms with Gasteiger partial charge >= 0.3 is 0 Å². The second-order valence-electron chi connectivity index (χ2n) is 4.89. The Labute approximate surface area is 88.1 Å². The van der Waals surface area contributed by atoms with Crippen molar-refractivity contribution in [2.75, 3.05) is 19.6 Å². The lowest BCUT2D eigenvalue weighted by atomic mass is 10.2. The van der Waals surface area contributed by atoms with E-state index in [1.54, 1.807) is 0 Å². The summed E-state index contributed by atoms with van der Waals surface area (Å²) in [5.41, 5.74) is 0. The summed E-state index contributed by atoms with van der Waals surface area (Å²) in [6.07, 6.45) is 5.66. The Morgan fingerprint density at radius 3 is 2.93 bits per heavy atom. The Kier molecular flexibility index (Phi) is 3.45. The Hall–Kier alpha value is -0.0800. The second kappa shape index (κ2) is 4.63. The maximum Gasteiger partial charge on any atom is 0.0207 e. The van der Waals surface area contributed by atoms with E-state index in [2.05, 4.69) is 24.1 Å². The molecule has 2 rings (SSSR count). The lowest BCUT2D eigenvalue weighted by Gasteiger charge is -2.16. The molecule has 2 fully saturated rings. The fourth-order valence-electron chi connectivity index (χ4n) is 2.90. The van der Waals surface area contributed by atoms with E-state index in [1.165, 1.54) is 38.8 Å². The van der Waals surface area contributed by atoms with E-state index in [0.717, 1.165) is 24.5 Å². The lowest BCUT2D eigenvalue weighted by molar-refractivity contribution is 0.300. The third-order valence-electron chi connectivity index (χ3n) is 3.73. The maximum absolute atomic E-state index is 3.56. The van der Waals surface area contributed by atoms with Gasteiger partial charge in [0.15, 0.2) is 0 Å². The number of likely N-dealkylation sites (N-methyl/N-ethyl adjacent to an activating group) is 1. The molecule has 0 aromatic rings. The molecular weight excluding hydrogens is 172 g/mol. The van der Waals surface area contributed by atoms with Gasteiger partial charge in [0.2, 0.25) is 0 Å². The van der Waals surface area contributed by atoms with Crippen molar-refractivity contribution in [1.82, 2.24) is 10.2 Å². The van der Waals surface area contributed by atoms with Crippen molar-refractivity contribution < 1.29 is 0 Å². The van der Waals surface area contributed by atoms with Crippen LogP contribution in [0.2, 0.25) is 0 Å². The molecule has 1 saturated carbocycles. The van der Waals surface area contributed by atoms with Crippen molar-refractivity contribution in [3.63, 3.8) is 0 Å². The molecule has 0 amide bonds. The van der Waals surface area contributed by atoms with Gasteiger partial charge in [0, 0.05) is 25.2 Å². The molecule has 0 aromatic carbocycles. The third-order valence-corrected chi connectivity index (χ3v) is 3.73. The Morgan fingerprint density at radius 1 is 1.36 bits per heavy atom. The van der Waals surface area contributed by atoms with Gasteiger partial charge in [-0.15, -0.1) is 0 Å². The van der Waals surface area contributed by atoms with E-state index in [-0.39, 0.29) is 0 Å². The largest absolute Gasteiger partial charge is 0.313 e. The molecule has 14 heavy (non-hydrogen) atoms. The quantitative estimate of drug-likeness (QED) is 0.722. The number of hydrogen-bond donors (Lipinski definition) is 1. The highest BCUT2D eigenvalue weighted by atomic mass is 15.2. The van der Waals surface area contributed by atoms with Crippen molar-refractivity contribution in [2.24, 2.45) is 5.92 Å². The average molecular weight is 196 g/mol. The van der Waals surface area contributed by atoms with E-state index >= 15 is 0 Å². The van der Waals surface area contributed by atoms with Crippen molar-refractivity contribution in [3.05, 3.63) is 0 Å². The summed E-state index contributed by atoms with van der Waals surface area (Å²) >= 11 is 0. The highest BCUT2D eigenvalue weighted by Crippen LogP contribution is 2.40. The summed E-state index contributed by atoms with van der Waals surface area (Å²) in [4.78, 5) is 2.72. The average Bonchev–Trinajstić information content (AvgIpc) is 2.77. The fourth-order valence-corrected chi connectivity index (χ4v) is 2.90. The molecule has 82 valence electrons. The van der Waals surface area contributed by atoms with Crippen LogP contribution >= 0.6 is 0 Å². The van der Waals surface area contributed by atoms with Crippen LogP contribution in [0.1, 0.15) is 39.5 Å². The SMILES string of the molecule is CCCC1CC1N1CCC(NCC)C1. The number of likely N-dealkylation sites (tertiary alicyclic amines) is 1. The van der Waals surface area contributed by atoms with Crippen LogP contribution < -0.4 is 5.32 Å². The van der Waals surface area contributed by atoms with Gasteiger partial charge in [0.05, 0.1) is 0 Å². The Bertz CT molecular complexity index is 181. The number of hydrogen-bond acceptors (Lipinski definition) is 2. The van der Waals surface area contributed by atoms with Crippen LogP contribution in [0.3, 0.4) is 0 Å². The molecule has 3 unspecified atom stereocenters. The smallest absolute Gasteiger partial charge is 0.0207 e. The molecule has 1 heterocycles. The molecule has 1 N–H and O–H groups in total. The van der Waals surface area contributed by atoms with Gasteiger partial charge in [0.1, 0.15) is 0 Å². The van der Waals surface area contributed by atoms with Crippen LogP contribution in [0.15, 0.2) is 0 Å². The first-order valence-electron chi connectivity index (χ1n) is 6.32. The van der Waals surface area contributed by atoms with Crippen LogP contribution in [0.5, 0.6) is 0 Å². The first-order chi connectivity index (χ1) is 6.85. The minimum atomic E-state index is 0.780. The summed E-state index contributed by atoms with van der Waals surface area (Å²) in [6, 6.07) is 1.74. The molecule has 0 aromatic heterocycles. The van der Waals surface area contributed by atoms with Gasteiger partial charge in [-0.1, -0.05) is 20.3 Å². The van der Waals surface area contributed by atoms with Crippen LogP contribution in [0, 0.1) is 5.92 Å². The molecule has 3 atom stereocenters. The molecule has 2 aliphatic rings. The van der Waals surface area contributed by atoms with Gasteiger partial charge in [-0.2, -0.15) is 0 Å². The standard InChI is InChI=1S/C12H24N2/c1-3-5-10-8-12(10)14-7-6-11(9-14)13-4-2/h10-13H,3-9H2,1-2H3. The topological polar surface area (TPSA) is 15.3 Å². The minimum absolute atomic E-state index is 0.780. The summed E-state index contributed by atoms with van der Waals surface area (Å²) in [5.74, 6) is 1.04. The van der Waals surface area contributed by atoms with Crippen LogP contribution in [0.25, 0.3) is 0 Å². The van der Waals surface area contributed by atoms with Gasteiger partial charge in [0.25, 0.3) is 0 Å². The van der Waals surface area contributed by atoms with Crippen LogP contribution in [0.4, 0.5) is 0 Å². The molecule has 0 spiro atoms. The van der Waals surface area contributed by atoms with Crippen LogP contribution in [-0.2, 0) is 0 Å². The first kappa shape index (κ1) is 10.4. The predicted octanol–water partition coefficient (Wildman–Crippen LogP) is 1.86. The summed E-state index contributed by atoms with van der Waals surface area (Å²) < 4.78 is 0. The summed E-state index contributed by atoms with van der Waals surface area (Å²) in [7, 11) is 0. The number of nitrogens with zero attached hydrogens (tertiary/aromatic N) is 1. The zero-order chi connectivity index (χ0) is 9.97. The van der Waals surface area contributed by atoms with Gasteiger partial charge in [-0.25, -0.2) is 0 Å². The zero-order valence-electron chi connectivity index (χ0n) is 9.63. The maximum atomic E-state index is 3.56. The van der Waals surface area contributed by atoms with Gasteiger partial charge in [-0.05, 0) is 31.7 Å². The zero-order valence-corrected chi connectivity index (χ0v) is 9.63. The van der Waals surface area contributed by atoms with E-state index in [9.17, 15) is 0 Å². The second-order valence-corrected chi connectivity index (χ2v) is 4.89. The monoisotopic (exact) mass is 196 g/mol. The minimum Gasteiger partial charge on any atom is -0.313 e. The molecular formula is C12H24N2. The van der Waals surface area contributed by atoms with Crippen molar-refractivity contribution in [3.8, 4) is 0 Å². The molecule has 2 nitrogen and oxygen atoms in total. The molecule has 2 heteroatoms. The summed E-state index contributed by atoms with van der Waals surface area (Å²) in [5, 5.41) is 3.56. The third kappa shape index (κ3) is 2.29. The predicted molar refractivity (Wildman–Crippen MR) is 60.5 cm³/mol. The Balaban J connectivity index is 1.69. The number of rotatable bonds is 5. The molecule has 0 radical (unpaired) electrons. The first-order valence-corrected chi connectivity index (χ1v) is 6.32. The highest BCUT2D eigenvalue weighted by Gasteiger charge is 2.42. The molecule has 1 saturated heterocycles. The molecule has 1 aliphatic carbocycles. The van der Waals surface area contributed by atoms with E-state index in [0.29, 0.717) is 0 Å². The van der Waals surface area contributed by atoms with Gasteiger partial charge < -0.3 is 5.32 Å². The van der Waals surface area contributed by atoms with Crippen molar-refractivity contribution in [1.29, 1.82) is 0 Å². The normalized spacial score (nSPS) is 37.7. The Morgan fingerprint density at radius 2 is 2.21 bits per heavy atom. The highest BCUT2D eigenvalue weighted by molar-refractivity contribution is 4.98. The number of nitrogens with one attached hydrogen (secondary N) is 1. The lowest BCUT2D eigenvalue weighted by Crippen LogP contribution is -2.33. The van der Waals surface area contributed by atoms with E-state index in [4.69, 9.17) is 0 Å².